The minimum atomic E-state index is -0.393. The monoisotopic (exact) mass is 238 g/mol. The molecule has 4 nitrogen and oxygen atoms in total. The van der Waals surface area contributed by atoms with Crippen molar-refractivity contribution in [3.63, 3.8) is 0 Å². The van der Waals surface area contributed by atoms with Crippen molar-refractivity contribution >= 4 is 5.91 Å². The lowest BCUT2D eigenvalue weighted by molar-refractivity contribution is 0.00780. The molecule has 0 bridgehead atoms. The molecule has 17 heavy (non-hydrogen) atoms. The number of benzene rings is 1. The van der Waals surface area contributed by atoms with E-state index in [4.69, 9.17) is 10.7 Å². The Balaban J connectivity index is 2.02. The first-order chi connectivity index (χ1) is 8.20. The second-order valence-corrected chi connectivity index (χ2v) is 4.14. The van der Waals surface area contributed by atoms with Crippen molar-refractivity contribution < 1.29 is 14.0 Å². The Labute approximate surface area is 99.1 Å². The lowest BCUT2D eigenvalue weighted by atomic mass is 10.1. The molecule has 2 N–H and O–H groups in total. The van der Waals surface area contributed by atoms with E-state index in [1.165, 1.54) is 18.2 Å². The smallest absolute Gasteiger partial charge is 0.253 e. The minimum Gasteiger partial charge on any atom is -0.338 e. The molecule has 1 aliphatic heterocycles. The Bertz CT molecular complexity index is 403. The summed E-state index contributed by atoms with van der Waals surface area (Å²) in [6.07, 6.45) is 1.46. The average Bonchev–Trinajstić information content (AvgIpc) is 2.38. The molecule has 2 rings (SSSR count). The van der Waals surface area contributed by atoms with Crippen LogP contribution in [-0.4, -0.2) is 30.0 Å². The van der Waals surface area contributed by atoms with E-state index in [1.54, 1.807) is 11.0 Å². The molecule has 1 aromatic rings. The van der Waals surface area contributed by atoms with Crippen molar-refractivity contribution in [2.75, 3.05) is 13.1 Å². The molecule has 92 valence electrons. The van der Waals surface area contributed by atoms with Gasteiger partial charge in [0.05, 0.1) is 6.10 Å². The Kier molecular flexibility index (Phi) is 3.71. The average molecular weight is 238 g/mol. The van der Waals surface area contributed by atoms with Crippen LogP contribution in [-0.2, 0) is 4.84 Å². The van der Waals surface area contributed by atoms with Gasteiger partial charge in [0.25, 0.3) is 5.91 Å². The Morgan fingerprint density at radius 3 is 2.71 bits per heavy atom. The van der Waals surface area contributed by atoms with Gasteiger partial charge < -0.3 is 9.74 Å². The molecule has 0 radical (unpaired) electrons. The number of halogens is 1. The van der Waals surface area contributed by atoms with Gasteiger partial charge >= 0.3 is 0 Å². The van der Waals surface area contributed by atoms with Crippen LogP contribution in [0.4, 0.5) is 4.39 Å². The van der Waals surface area contributed by atoms with Crippen molar-refractivity contribution in [2.45, 2.75) is 18.9 Å². The molecule has 0 spiro atoms. The number of carbonyl (C=O) groups is 1. The number of carbonyl (C=O) groups excluding carboxylic acids is 1. The van der Waals surface area contributed by atoms with Crippen LogP contribution in [0.15, 0.2) is 24.3 Å². The van der Waals surface area contributed by atoms with Crippen LogP contribution in [0.1, 0.15) is 23.2 Å². The standard InChI is InChI=1S/C12H15FN2O2/c13-10-3-1-2-9(8-10)12(16)15-6-4-11(17-14)5-7-15/h1-3,8,11H,4-7,14H2. The van der Waals surface area contributed by atoms with Gasteiger partial charge in [-0.3, -0.25) is 4.79 Å². The van der Waals surface area contributed by atoms with Gasteiger partial charge in [0.15, 0.2) is 0 Å². The van der Waals surface area contributed by atoms with Crippen LogP contribution >= 0.6 is 0 Å². The Morgan fingerprint density at radius 1 is 1.41 bits per heavy atom. The maximum Gasteiger partial charge on any atom is 0.253 e. The molecular formula is C12H15FN2O2. The van der Waals surface area contributed by atoms with Gasteiger partial charge in [-0.25, -0.2) is 10.3 Å². The molecule has 1 fully saturated rings. The quantitative estimate of drug-likeness (QED) is 0.791. The molecule has 1 aliphatic rings. The van der Waals surface area contributed by atoms with Gasteiger partial charge in [-0.05, 0) is 31.0 Å². The molecule has 1 aromatic carbocycles. The molecular weight excluding hydrogens is 223 g/mol. The van der Waals surface area contributed by atoms with Crippen LogP contribution in [0.3, 0.4) is 0 Å². The summed E-state index contributed by atoms with van der Waals surface area (Å²) in [5.74, 6) is 4.57. The lowest BCUT2D eigenvalue weighted by Crippen LogP contribution is -2.41. The van der Waals surface area contributed by atoms with Crippen LogP contribution in [0.2, 0.25) is 0 Å². The largest absolute Gasteiger partial charge is 0.338 e. The van der Waals surface area contributed by atoms with Gasteiger partial charge in [0.2, 0.25) is 0 Å². The van der Waals surface area contributed by atoms with E-state index < -0.39 is 5.82 Å². The molecule has 0 unspecified atom stereocenters. The number of hydrogen-bond acceptors (Lipinski definition) is 3. The number of hydrogen-bond donors (Lipinski definition) is 1. The summed E-state index contributed by atoms with van der Waals surface area (Å²) in [6.45, 7) is 1.19. The molecule has 0 aromatic heterocycles. The third-order valence-electron chi connectivity index (χ3n) is 2.99. The number of likely N-dealkylation sites (tertiary alicyclic amines) is 1. The second kappa shape index (κ2) is 5.25. The van der Waals surface area contributed by atoms with E-state index in [0.29, 0.717) is 18.7 Å². The van der Waals surface area contributed by atoms with Gasteiger partial charge in [-0.2, -0.15) is 0 Å². The highest BCUT2D eigenvalue weighted by molar-refractivity contribution is 5.94. The number of rotatable bonds is 2. The zero-order valence-corrected chi connectivity index (χ0v) is 9.43. The van der Waals surface area contributed by atoms with E-state index in [-0.39, 0.29) is 12.0 Å². The van der Waals surface area contributed by atoms with Crippen molar-refractivity contribution in [1.82, 2.24) is 4.90 Å². The fourth-order valence-electron chi connectivity index (χ4n) is 2.00. The zero-order valence-electron chi connectivity index (χ0n) is 9.43. The number of amides is 1. The summed E-state index contributed by atoms with van der Waals surface area (Å²) in [5, 5.41) is 0. The highest BCUT2D eigenvalue weighted by atomic mass is 19.1. The van der Waals surface area contributed by atoms with Gasteiger partial charge in [-0.1, -0.05) is 6.07 Å². The predicted molar refractivity (Wildman–Crippen MR) is 60.6 cm³/mol. The lowest BCUT2D eigenvalue weighted by Gasteiger charge is -2.30. The van der Waals surface area contributed by atoms with Crippen LogP contribution < -0.4 is 5.90 Å². The van der Waals surface area contributed by atoms with Crippen molar-refractivity contribution in [2.24, 2.45) is 5.90 Å². The minimum absolute atomic E-state index is 0.0200. The zero-order chi connectivity index (χ0) is 12.3. The summed E-state index contributed by atoms with van der Waals surface area (Å²) in [4.78, 5) is 18.5. The highest BCUT2D eigenvalue weighted by Gasteiger charge is 2.23. The fourth-order valence-corrected chi connectivity index (χ4v) is 2.00. The molecule has 1 amide bonds. The Morgan fingerprint density at radius 2 is 2.12 bits per heavy atom. The van der Waals surface area contributed by atoms with Crippen molar-refractivity contribution in [3.05, 3.63) is 35.6 Å². The Hall–Kier alpha value is -1.46. The molecule has 0 saturated carbocycles. The number of nitrogens with two attached hydrogens (primary N) is 1. The number of nitrogens with zero attached hydrogens (tertiary/aromatic N) is 1. The summed E-state index contributed by atoms with van der Waals surface area (Å²) < 4.78 is 13.0. The normalized spacial score (nSPS) is 17.2. The molecule has 1 saturated heterocycles. The predicted octanol–water partition coefficient (Wildman–Crippen LogP) is 1.32. The fraction of sp³-hybridized carbons (Fsp3) is 0.417. The molecule has 1 heterocycles. The summed E-state index contributed by atoms with van der Waals surface area (Å²) in [5.41, 5.74) is 0.386. The first-order valence-corrected chi connectivity index (χ1v) is 5.61. The van der Waals surface area contributed by atoms with Gasteiger partial charge in [-0.15, -0.1) is 0 Å². The van der Waals surface area contributed by atoms with Crippen molar-refractivity contribution in [1.29, 1.82) is 0 Å². The van der Waals surface area contributed by atoms with E-state index in [0.717, 1.165) is 12.8 Å². The van der Waals surface area contributed by atoms with E-state index in [1.807, 2.05) is 0 Å². The van der Waals surface area contributed by atoms with Crippen LogP contribution in [0.5, 0.6) is 0 Å². The summed E-state index contributed by atoms with van der Waals surface area (Å²) in [6, 6.07) is 5.74. The van der Waals surface area contributed by atoms with E-state index in [2.05, 4.69) is 0 Å². The highest BCUT2D eigenvalue weighted by Crippen LogP contribution is 2.15. The first-order valence-electron chi connectivity index (χ1n) is 5.61. The molecule has 0 aliphatic carbocycles. The van der Waals surface area contributed by atoms with E-state index >= 15 is 0 Å². The van der Waals surface area contributed by atoms with Gasteiger partial charge in [0, 0.05) is 18.7 Å². The topological polar surface area (TPSA) is 55.6 Å². The second-order valence-electron chi connectivity index (χ2n) is 4.14. The molecule has 5 heteroatoms. The summed E-state index contributed by atoms with van der Waals surface area (Å²) >= 11 is 0. The third-order valence-corrected chi connectivity index (χ3v) is 2.99. The third kappa shape index (κ3) is 2.81. The van der Waals surface area contributed by atoms with Crippen molar-refractivity contribution in [3.8, 4) is 0 Å². The maximum absolute atomic E-state index is 13.0. The van der Waals surface area contributed by atoms with Crippen LogP contribution in [0, 0.1) is 5.82 Å². The maximum atomic E-state index is 13.0. The molecule has 0 atom stereocenters. The van der Waals surface area contributed by atoms with Crippen LogP contribution in [0.25, 0.3) is 0 Å². The number of piperidine rings is 1. The first kappa shape index (κ1) is 12.0. The summed E-state index contributed by atoms with van der Waals surface area (Å²) in [7, 11) is 0. The SMILES string of the molecule is NOC1CCN(C(=O)c2cccc(F)c2)CC1. The van der Waals surface area contributed by atoms with E-state index in [9.17, 15) is 9.18 Å². The van der Waals surface area contributed by atoms with Gasteiger partial charge in [0.1, 0.15) is 5.82 Å².